The zero-order valence-electron chi connectivity index (χ0n) is 61.6. The van der Waals surface area contributed by atoms with E-state index in [1.165, 1.54) is 231 Å². The maximum Gasteiger partial charge on any atom is 0.472 e. The molecule has 0 saturated heterocycles. The zero-order valence-corrected chi connectivity index (χ0v) is 63.4. The molecule has 95 heavy (non-hydrogen) atoms. The molecule has 0 amide bonds. The van der Waals surface area contributed by atoms with E-state index in [0.717, 1.165) is 96.3 Å². The van der Waals surface area contributed by atoms with Crippen LogP contribution in [0, 0.1) is 0 Å². The van der Waals surface area contributed by atoms with Gasteiger partial charge in [-0.1, -0.05) is 355 Å². The summed E-state index contributed by atoms with van der Waals surface area (Å²) < 4.78 is 68.2. The van der Waals surface area contributed by atoms with Crippen LogP contribution in [0.15, 0.2) is 0 Å². The number of carbonyl (C=O) groups is 4. The molecule has 17 nitrogen and oxygen atoms in total. The van der Waals surface area contributed by atoms with Gasteiger partial charge in [0.2, 0.25) is 0 Å². The Labute approximate surface area is 581 Å². The Hall–Kier alpha value is -1.94. The largest absolute Gasteiger partial charge is 0.472 e. The first kappa shape index (κ1) is 93.1. The Bertz CT molecular complexity index is 1810. The van der Waals surface area contributed by atoms with Gasteiger partial charge in [0.25, 0.3) is 0 Å². The van der Waals surface area contributed by atoms with Crippen molar-refractivity contribution in [2.45, 2.75) is 425 Å². The number of phosphoric acid groups is 2. The Kier molecular flexibility index (Phi) is 69.1. The van der Waals surface area contributed by atoms with Crippen LogP contribution in [0.5, 0.6) is 0 Å². The lowest BCUT2D eigenvalue weighted by molar-refractivity contribution is -0.161. The van der Waals surface area contributed by atoms with E-state index in [2.05, 4.69) is 27.7 Å². The lowest BCUT2D eigenvalue weighted by Gasteiger charge is -2.21. The predicted octanol–water partition coefficient (Wildman–Crippen LogP) is 22.6. The molecule has 0 aliphatic carbocycles. The van der Waals surface area contributed by atoms with Crippen molar-refractivity contribution in [3.63, 3.8) is 0 Å². The van der Waals surface area contributed by atoms with E-state index < -0.39 is 97.5 Å². The Morgan fingerprint density at radius 3 is 0.621 bits per heavy atom. The fourth-order valence-corrected chi connectivity index (χ4v) is 13.3. The molecule has 0 radical (unpaired) electrons. The molecule has 564 valence electrons. The average molecular weight is 1400 g/mol. The van der Waals surface area contributed by atoms with Gasteiger partial charge < -0.3 is 33.8 Å². The molecule has 19 heteroatoms. The fourth-order valence-electron chi connectivity index (χ4n) is 11.8. The summed E-state index contributed by atoms with van der Waals surface area (Å²) in [6.07, 6.45) is 61.7. The summed E-state index contributed by atoms with van der Waals surface area (Å²) in [5, 5.41) is 10.6. The molecular weight excluding hydrogens is 1250 g/mol. The third-order valence-corrected chi connectivity index (χ3v) is 19.8. The van der Waals surface area contributed by atoms with Crippen LogP contribution >= 0.6 is 15.6 Å². The van der Waals surface area contributed by atoms with Gasteiger partial charge in [0.15, 0.2) is 12.2 Å². The van der Waals surface area contributed by atoms with Gasteiger partial charge in [-0.15, -0.1) is 0 Å². The van der Waals surface area contributed by atoms with Gasteiger partial charge in [0, 0.05) is 25.7 Å². The predicted molar refractivity (Wildman–Crippen MR) is 386 cm³/mol. The maximum atomic E-state index is 13.1. The Morgan fingerprint density at radius 2 is 0.421 bits per heavy atom. The third kappa shape index (κ3) is 70.3. The van der Waals surface area contributed by atoms with Crippen LogP contribution in [0.1, 0.15) is 407 Å². The molecule has 0 aliphatic rings. The van der Waals surface area contributed by atoms with Crippen LogP contribution in [0.4, 0.5) is 0 Å². The van der Waals surface area contributed by atoms with Crippen molar-refractivity contribution >= 4 is 39.5 Å². The zero-order chi connectivity index (χ0) is 69.7. The van der Waals surface area contributed by atoms with Crippen molar-refractivity contribution in [1.29, 1.82) is 0 Å². The van der Waals surface area contributed by atoms with Gasteiger partial charge in [-0.05, 0) is 25.7 Å². The van der Waals surface area contributed by atoms with Crippen LogP contribution in [-0.2, 0) is 65.4 Å². The molecule has 0 aromatic heterocycles. The van der Waals surface area contributed by atoms with Gasteiger partial charge >= 0.3 is 39.5 Å². The molecule has 0 spiro atoms. The first-order valence-electron chi connectivity index (χ1n) is 39.8. The van der Waals surface area contributed by atoms with Crippen molar-refractivity contribution in [2.75, 3.05) is 39.6 Å². The molecule has 5 atom stereocenters. The lowest BCUT2D eigenvalue weighted by atomic mass is 10.0. The topological polar surface area (TPSA) is 237 Å². The number of aliphatic hydroxyl groups is 1. The molecule has 0 aromatic carbocycles. The SMILES string of the molecule is CCCCCCCCCCCCCCCCCCCCCCCC(=O)O[C@H](COC(=O)CCCCCCCCCCCCCCCCCCCCC)COP(=O)(O)OC[C@@H](O)COP(=O)(O)OC[C@@H](COC(=O)CCCCCCC)OC(=O)CCCCCCCCCCCC. The number of phosphoric ester groups is 2. The summed E-state index contributed by atoms with van der Waals surface area (Å²) in [6.45, 7) is 4.88. The minimum Gasteiger partial charge on any atom is -0.462 e. The molecule has 0 rings (SSSR count). The molecule has 0 bridgehead atoms. The van der Waals surface area contributed by atoms with E-state index >= 15 is 0 Å². The van der Waals surface area contributed by atoms with E-state index in [4.69, 9.17) is 37.0 Å². The first-order chi connectivity index (χ1) is 46.2. The normalized spacial score (nSPS) is 13.9. The summed E-state index contributed by atoms with van der Waals surface area (Å²) >= 11 is 0. The lowest BCUT2D eigenvalue weighted by Crippen LogP contribution is -2.30. The highest BCUT2D eigenvalue weighted by molar-refractivity contribution is 7.47. The molecule has 0 saturated carbocycles. The highest BCUT2D eigenvalue weighted by Crippen LogP contribution is 2.45. The third-order valence-electron chi connectivity index (χ3n) is 17.9. The van der Waals surface area contributed by atoms with E-state index in [1.807, 2.05) is 0 Å². The van der Waals surface area contributed by atoms with Crippen LogP contribution in [0.2, 0.25) is 0 Å². The van der Waals surface area contributed by atoms with Crippen molar-refractivity contribution < 1.29 is 80.2 Å². The van der Waals surface area contributed by atoms with Gasteiger partial charge in [-0.3, -0.25) is 37.3 Å². The van der Waals surface area contributed by atoms with E-state index in [9.17, 15) is 43.2 Å². The quantitative estimate of drug-likeness (QED) is 0.0222. The van der Waals surface area contributed by atoms with E-state index in [-0.39, 0.29) is 25.7 Å². The van der Waals surface area contributed by atoms with Crippen molar-refractivity contribution in [1.82, 2.24) is 0 Å². The summed E-state index contributed by atoms with van der Waals surface area (Å²) in [5.41, 5.74) is 0. The van der Waals surface area contributed by atoms with Crippen LogP contribution in [0.25, 0.3) is 0 Å². The van der Waals surface area contributed by atoms with Gasteiger partial charge in [0.05, 0.1) is 26.4 Å². The second-order valence-electron chi connectivity index (χ2n) is 27.4. The van der Waals surface area contributed by atoms with Gasteiger partial charge in [0.1, 0.15) is 19.3 Å². The van der Waals surface area contributed by atoms with Crippen LogP contribution in [-0.4, -0.2) is 96.7 Å². The smallest absolute Gasteiger partial charge is 0.462 e. The monoisotopic (exact) mass is 1400 g/mol. The Morgan fingerprint density at radius 1 is 0.253 bits per heavy atom. The van der Waals surface area contributed by atoms with Crippen molar-refractivity contribution in [3.05, 3.63) is 0 Å². The minimum absolute atomic E-state index is 0.106. The average Bonchev–Trinajstić information content (AvgIpc) is 3.00. The molecule has 3 N–H and O–H groups in total. The second-order valence-corrected chi connectivity index (χ2v) is 30.3. The number of ether oxygens (including phenoxy) is 4. The highest BCUT2D eigenvalue weighted by Gasteiger charge is 2.30. The molecule has 0 aliphatic heterocycles. The molecular formula is C76H148O17P2. The molecule has 2 unspecified atom stereocenters. The number of hydrogen-bond acceptors (Lipinski definition) is 15. The van der Waals surface area contributed by atoms with Crippen molar-refractivity contribution in [3.8, 4) is 0 Å². The van der Waals surface area contributed by atoms with Gasteiger partial charge in [-0.25, -0.2) is 9.13 Å². The second kappa shape index (κ2) is 70.5. The Balaban J connectivity index is 5.10. The minimum atomic E-state index is -4.95. The number of carbonyl (C=O) groups excluding carboxylic acids is 4. The molecule has 0 aromatic rings. The van der Waals surface area contributed by atoms with Crippen LogP contribution < -0.4 is 0 Å². The number of esters is 4. The summed E-state index contributed by atoms with van der Waals surface area (Å²) in [4.78, 5) is 72.4. The fraction of sp³-hybridized carbons (Fsp3) is 0.947. The standard InChI is InChI=1S/C76H148O17P2/c1-5-9-13-17-20-23-26-28-30-32-34-35-37-39-41-43-45-48-51-55-59-63-76(81)93-72(67-87-74(79)61-57-53-49-47-44-42-40-38-36-33-31-29-27-24-21-18-14-10-6-2)69-91-95(84,85)89-65-70(77)64-88-94(82,83)90-68-71(66-86-73(78)60-56-52-16-12-8-4)92-75(80)62-58-54-50-46-25-22-19-15-11-7-3/h70-72,77H,5-69H2,1-4H3,(H,82,83)(H,84,85)/t70-,71+,72+/m0/s1. The van der Waals surface area contributed by atoms with Crippen molar-refractivity contribution in [2.24, 2.45) is 0 Å². The van der Waals surface area contributed by atoms with E-state index in [1.54, 1.807) is 0 Å². The molecule has 0 fully saturated rings. The summed E-state index contributed by atoms with van der Waals surface area (Å²) in [7, 11) is -9.89. The molecule has 0 heterocycles. The number of unbranched alkanes of at least 4 members (excludes halogenated alkanes) is 51. The van der Waals surface area contributed by atoms with Gasteiger partial charge in [-0.2, -0.15) is 0 Å². The maximum absolute atomic E-state index is 13.1. The van der Waals surface area contributed by atoms with E-state index in [0.29, 0.717) is 25.7 Å². The summed E-state index contributed by atoms with van der Waals surface area (Å²) in [5.74, 6) is -2.13. The van der Waals surface area contributed by atoms with Crippen LogP contribution in [0.3, 0.4) is 0 Å². The number of aliphatic hydroxyl groups excluding tert-OH is 1. The summed E-state index contributed by atoms with van der Waals surface area (Å²) in [6, 6.07) is 0. The highest BCUT2D eigenvalue weighted by atomic mass is 31.2. The first-order valence-corrected chi connectivity index (χ1v) is 42.8. The number of hydrogen-bond donors (Lipinski definition) is 3. The number of rotatable bonds is 77.